The van der Waals surface area contributed by atoms with Crippen molar-refractivity contribution in [3.8, 4) is 23.5 Å². The summed E-state index contributed by atoms with van der Waals surface area (Å²) in [4.78, 5) is 4.69. The molecule has 4 aromatic rings. The summed E-state index contributed by atoms with van der Waals surface area (Å²) in [6.07, 6.45) is 13.3. The predicted octanol–water partition coefficient (Wildman–Crippen LogP) is 9.86. The molecule has 0 N–H and O–H groups in total. The van der Waals surface area contributed by atoms with Gasteiger partial charge in [-0.2, -0.15) is 0 Å². The monoisotopic (exact) mass is 523 g/mol. The van der Waals surface area contributed by atoms with Crippen LogP contribution in [0, 0.1) is 30.1 Å². The molecule has 202 valence electrons. The zero-order valence-corrected chi connectivity index (χ0v) is 24.0. The van der Waals surface area contributed by atoms with Crippen molar-refractivity contribution in [1.29, 1.82) is 0 Å². The minimum absolute atomic E-state index is 0.368. The average molecular weight is 524 g/mol. The van der Waals surface area contributed by atoms with Crippen molar-refractivity contribution >= 4 is 0 Å². The molecule has 1 heteroatoms. The van der Waals surface area contributed by atoms with Crippen molar-refractivity contribution in [1.82, 2.24) is 4.98 Å². The van der Waals surface area contributed by atoms with Gasteiger partial charge in [-0.3, -0.25) is 4.98 Å². The fraction of sp³-hybridized carbons (Fsp3) is 0.308. The number of terminal acetylenes is 1. The Morgan fingerprint density at radius 1 is 0.800 bits per heavy atom. The maximum atomic E-state index is 5.54. The molecule has 5 rings (SSSR count). The standard InChI is InChI=1S/C39H41N/c1-5-31-16-25-38(40-27-31)30(4)33-17-21-36(22-18-33)39(29(3)28(2)26-32-12-8-6-9-13-32)37-23-19-35(20-24-37)34-14-10-7-11-15-34/h1,6-16,19-20,23-25,27-28,30,33,36,39H,3,17-18,21-22,26H2,2,4H3. The lowest BCUT2D eigenvalue weighted by Gasteiger charge is -2.38. The van der Waals surface area contributed by atoms with E-state index in [2.05, 4.69) is 111 Å². The van der Waals surface area contributed by atoms with Crippen LogP contribution in [0.4, 0.5) is 0 Å². The first-order valence-corrected chi connectivity index (χ1v) is 14.8. The van der Waals surface area contributed by atoms with Crippen molar-refractivity contribution in [2.45, 2.75) is 57.8 Å². The van der Waals surface area contributed by atoms with Crippen molar-refractivity contribution in [3.63, 3.8) is 0 Å². The van der Waals surface area contributed by atoms with Gasteiger partial charge in [-0.1, -0.05) is 117 Å². The quantitative estimate of drug-likeness (QED) is 0.157. The smallest absolute Gasteiger partial charge is 0.0435 e. The molecule has 1 heterocycles. The molecule has 0 bridgehead atoms. The van der Waals surface area contributed by atoms with E-state index >= 15 is 0 Å². The van der Waals surface area contributed by atoms with Gasteiger partial charge in [-0.05, 0) is 84.2 Å². The highest BCUT2D eigenvalue weighted by atomic mass is 14.7. The zero-order chi connectivity index (χ0) is 27.9. The summed E-state index contributed by atoms with van der Waals surface area (Å²) in [5, 5.41) is 0. The molecule has 40 heavy (non-hydrogen) atoms. The number of nitrogens with zero attached hydrogens (tertiary/aromatic N) is 1. The molecule has 0 aliphatic heterocycles. The molecule has 1 fully saturated rings. The summed E-state index contributed by atoms with van der Waals surface area (Å²) >= 11 is 0. The van der Waals surface area contributed by atoms with E-state index in [0.29, 0.717) is 29.6 Å². The van der Waals surface area contributed by atoms with Crippen molar-refractivity contribution in [2.75, 3.05) is 0 Å². The average Bonchev–Trinajstić information content (AvgIpc) is 3.02. The highest BCUT2D eigenvalue weighted by Crippen LogP contribution is 2.46. The van der Waals surface area contributed by atoms with Gasteiger partial charge in [0, 0.05) is 29.3 Å². The molecule has 0 radical (unpaired) electrons. The summed E-state index contributed by atoms with van der Waals surface area (Å²) in [7, 11) is 0. The van der Waals surface area contributed by atoms with Gasteiger partial charge in [0.25, 0.3) is 0 Å². The minimum Gasteiger partial charge on any atom is -0.260 e. The second kappa shape index (κ2) is 13.0. The zero-order valence-electron chi connectivity index (χ0n) is 24.0. The molecule has 0 amide bonds. The Bertz CT molecular complexity index is 1400. The molecule has 1 nitrogen and oxygen atoms in total. The summed E-state index contributed by atoms with van der Waals surface area (Å²) in [5.41, 5.74) is 8.72. The molecule has 1 aliphatic rings. The molecule has 3 unspecified atom stereocenters. The van der Waals surface area contributed by atoms with E-state index in [4.69, 9.17) is 18.0 Å². The van der Waals surface area contributed by atoms with E-state index in [9.17, 15) is 0 Å². The molecule has 3 atom stereocenters. The van der Waals surface area contributed by atoms with E-state index < -0.39 is 0 Å². The van der Waals surface area contributed by atoms with Crippen LogP contribution in [0.5, 0.6) is 0 Å². The molecular weight excluding hydrogens is 482 g/mol. The Hall–Kier alpha value is -3.89. The number of allylic oxidation sites excluding steroid dienone is 1. The Morgan fingerprint density at radius 3 is 2.00 bits per heavy atom. The number of hydrogen-bond donors (Lipinski definition) is 0. The van der Waals surface area contributed by atoms with E-state index in [1.54, 1.807) is 0 Å². The number of benzene rings is 3. The van der Waals surface area contributed by atoms with Gasteiger partial charge in [0.15, 0.2) is 0 Å². The lowest BCUT2D eigenvalue weighted by Crippen LogP contribution is -2.26. The lowest BCUT2D eigenvalue weighted by atomic mass is 9.66. The van der Waals surface area contributed by atoms with Crippen LogP contribution in [-0.2, 0) is 6.42 Å². The van der Waals surface area contributed by atoms with Gasteiger partial charge in [0.05, 0.1) is 0 Å². The second-order valence-corrected chi connectivity index (χ2v) is 11.7. The van der Waals surface area contributed by atoms with Crippen LogP contribution in [0.25, 0.3) is 11.1 Å². The van der Waals surface area contributed by atoms with E-state index in [1.165, 1.54) is 53.5 Å². The highest BCUT2D eigenvalue weighted by molar-refractivity contribution is 5.63. The summed E-state index contributed by atoms with van der Waals surface area (Å²) in [6, 6.07) is 35.0. The third-order valence-corrected chi connectivity index (χ3v) is 9.21. The Labute approximate surface area is 241 Å². The Balaban J connectivity index is 1.35. The van der Waals surface area contributed by atoms with Gasteiger partial charge < -0.3 is 0 Å². The van der Waals surface area contributed by atoms with Gasteiger partial charge in [0.2, 0.25) is 0 Å². The van der Waals surface area contributed by atoms with Crippen LogP contribution in [-0.4, -0.2) is 4.98 Å². The van der Waals surface area contributed by atoms with Crippen LogP contribution in [0.15, 0.2) is 115 Å². The van der Waals surface area contributed by atoms with E-state index in [-0.39, 0.29) is 0 Å². The lowest BCUT2D eigenvalue weighted by molar-refractivity contribution is 0.227. The fourth-order valence-electron chi connectivity index (χ4n) is 6.69. The highest BCUT2D eigenvalue weighted by Gasteiger charge is 2.34. The number of rotatable bonds is 9. The molecule has 1 saturated carbocycles. The molecule has 0 saturated heterocycles. The van der Waals surface area contributed by atoms with Crippen molar-refractivity contribution < 1.29 is 0 Å². The molecular formula is C39H41N. The van der Waals surface area contributed by atoms with Gasteiger partial charge in [-0.25, -0.2) is 0 Å². The topological polar surface area (TPSA) is 12.9 Å². The largest absolute Gasteiger partial charge is 0.260 e. The van der Waals surface area contributed by atoms with E-state index in [1.807, 2.05) is 12.3 Å². The van der Waals surface area contributed by atoms with Gasteiger partial charge in [0.1, 0.15) is 0 Å². The normalized spacial score (nSPS) is 19.2. The van der Waals surface area contributed by atoms with E-state index in [0.717, 1.165) is 17.7 Å². The minimum atomic E-state index is 0.368. The van der Waals surface area contributed by atoms with Crippen LogP contribution in [0.1, 0.15) is 73.8 Å². The SMILES string of the molecule is C#Cc1ccc(C(C)C2CCC(C(C(=C)C(C)Cc3ccccc3)c3ccc(-c4ccccc4)cc3)CC2)nc1. The molecule has 1 aliphatic carbocycles. The first-order chi connectivity index (χ1) is 19.5. The summed E-state index contributed by atoms with van der Waals surface area (Å²) in [5.74, 6) is 5.16. The number of pyridine rings is 1. The number of aromatic nitrogens is 1. The maximum absolute atomic E-state index is 5.54. The Kier molecular flexibility index (Phi) is 8.98. The molecule has 1 aromatic heterocycles. The van der Waals surface area contributed by atoms with Gasteiger partial charge in [-0.15, -0.1) is 6.42 Å². The first-order valence-electron chi connectivity index (χ1n) is 14.8. The first kappa shape index (κ1) is 27.7. The van der Waals surface area contributed by atoms with Crippen LogP contribution in [0.3, 0.4) is 0 Å². The van der Waals surface area contributed by atoms with Gasteiger partial charge >= 0.3 is 0 Å². The van der Waals surface area contributed by atoms with Crippen LogP contribution >= 0.6 is 0 Å². The second-order valence-electron chi connectivity index (χ2n) is 11.7. The molecule has 3 aromatic carbocycles. The Morgan fingerprint density at radius 2 is 1.40 bits per heavy atom. The summed E-state index contributed by atoms with van der Waals surface area (Å²) < 4.78 is 0. The van der Waals surface area contributed by atoms with Crippen molar-refractivity contribution in [3.05, 3.63) is 138 Å². The van der Waals surface area contributed by atoms with Crippen LogP contribution in [0.2, 0.25) is 0 Å². The molecule has 0 spiro atoms. The van der Waals surface area contributed by atoms with Crippen molar-refractivity contribution in [2.24, 2.45) is 17.8 Å². The predicted molar refractivity (Wildman–Crippen MR) is 169 cm³/mol. The fourth-order valence-corrected chi connectivity index (χ4v) is 6.69. The van der Waals surface area contributed by atoms with Crippen LogP contribution < -0.4 is 0 Å². The summed E-state index contributed by atoms with van der Waals surface area (Å²) in [6.45, 7) is 9.47. The number of hydrogen-bond acceptors (Lipinski definition) is 1. The third-order valence-electron chi connectivity index (χ3n) is 9.21. The third kappa shape index (κ3) is 6.46. The maximum Gasteiger partial charge on any atom is 0.0435 e.